The molecule has 0 radical (unpaired) electrons. The van der Waals surface area contributed by atoms with Gasteiger partial charge >= 0.3 is 0 Å². The normalized spacial score (nSPS) is 44.1. The second kappa shape index (κ2) is 3.49. The molecule has 2 rings (SSSR count). The molecule has 1 saturated heterocycles. The molecule has 0 amide bonds. The molecule has 0 aromatic heterocycles. The molecule has 13 heavy (non-hydrogen) atoms. The van der Waals surface area contributed by atoms with Crippen LogP contribution in [-0.4, -0.2) is 11.0 Å². The molecular weight excluding hydrogens is 176 g/mol. The molecule has 0 spiro atoms. The van der Waals surface area contributed by atoms with Crippen LogP contribution >= 0.6 is 11.8 Å². The molecular formula is C12H22S. The zero-order valence-corrected chi connectivity index (χ0v) is 9.99. The van der Waals surface area contributed by atoms with Gasteiger partial charge in [0.2, 0.25) is 0 Å². The van der Waals surface area contributed by atoms with Crippen LogP contribution in [0.5, 0.6) is 0 Å². The highest BCUT2D eigenvalue weighted by Gasteiger charge is 2.41. The first kappa shape index (κ1) is 9.89. The van der Waals surface area contributed by atoms with Crippen LogP contribution in [0.15, 0.2) is 0 Å². The van der Waals surface area contributed by atoms with Crippen molar-refractivity contribution in [1.29, 1.82) is 0 Å². The SMILES string of the molecule is CC1CCC(C)(C)C(C2CCS2)C1. The Kier molecular flexibility index (Phi) is 2.65. The van der Waals surface area contributed by atoms with Crippen molar-refractivity contribution in [3.8, 4) is 0 Å². The van der Waals surface area contributed by atoms with Gasteiger partial charge in [-0.1, -0.05) is 27.2 Å². The van der Waals surface area contributed by atoms with Crippen molar-refractivity contribution >= 4 is 11.8 Å². The van der Waals surface area contributed by atoms with Crippen LogP contribution in [0.1, 0.15) is 46.5 Å². The fraction of sp³-hybridized carbons (Fsp3) is 1.00. The quantitative estimate of drug-likeness (QED) is 0.614. The van der Waals surface area contributed by atoms with Gasteiger partial charge in [0.25, 0.3) is 0 Å². The minimum Gasteiger partial charge on any atom is -0.158 e. The van der Waals surface area contributed by atoms with E-state index in [4.69, 9.17) is 0 Å². The minimum atomic E-state index is 0.630. The van der Waals surface area contributed by atoms with E-state index < -0.39 is 0 Å². The maximum atomic E-state index is 2.49. The smallest absolute Gasteiger partial charge is 0.00883 e. The number of thioether (sulfide) groups is 1. The molecule has 3 atom stereocenters. The fourth-order valence-electron chi connectivity index (χ4n) is 2.90. The molecule has 76 valence electrons. The monoisotopic (exact) mass is 198 g/mol. The molecule has 1 aliphatic heterocycles. The Morgan fingerprint density at radius 3 is 2.46 bits per heavy atom. The second-order valence-electron chi connectivity index (χ2n) is 5.67. The lowest BCUT2D eigenvalue weighted by Crippen LogP contribution is -2.40. The average Bonchev–Trinajstić information content (AvgIpc) is 1.94. The third-order valence-corrected chi connectivity index (χ3v) is 5.59. The Balaban J connectivity index is 2.02. The van der Waals surface area contributed by atoms with Gasteiger partial charge in [0.15, 0.2) is 0 Å². The second-order valence-corrected chi connectivity index (χ2v) is 7.02. The Bertz CT molecular complexity index is 182. The fourth-order valence-corrected chi connectivity index (χ4v) is 4.12. The van der Waals surface area contributed by atoms with Gasteiger partial charge in [0, 0.05) is 5.25 Å². The van der Waals surface area contributed by atoms with E-state index >= 15 is 0 Å². The van der Waals surface area contributed by atoms with E-state index in [1.54, 1.807) is 0 Å². The summed E-state index contributed by atoms with van der Waals surface area (Å²) < 4.78 is 0. The average molecular weight is 198 g/mol. The van der Waals surface area contributed by atoms with Gasteiger partial charge in [-0.2, -0.15) is 11.8 Å². The van der Waals surface area contributed by atoms with Crippen LogP contribution in [0, 0.1) is 17.3 Å². The molecule has 0 nitrogen and oxygen atoms in total. The Labute approximate surface area is 86.9 Å². The zero-order chi connectivity index (χ0) is 9.47. The summed E-state index contributed by atoms with van der Waals surface area (Å²) >= 11 is 2.22. The summed E-state index contributed by atoms with van der Waals surface area (Å²) in [5.41, 5.74) is 0.630. The van der Waals surface area contributed by atoms with Crippen LogP contribution in [0.2, 0.25) is 0 Å². The number of rotatable bonds is 1. The molecule has 1 aliphatic carbocycles. The third kappa shape index (κ3) is 1.91. The highest BCUT2D eigenvalue weighted by Crippen LogP contribution is 2.51. The number of hydrogen-bond donors (Lipinski definition) is 0. The third-order valence-electron chi connectivity index (χ3n) is 4.12. The van der Waals surface area contributed by atoms with E-state index in [2.05, 4.69) is 32.5 Å². The Morgan fingerprint density at radius 1 is 1.23 bits per heavy atom. The predicted molar refractivity (Wildman–Crippen MR) is 61.1 cm³/mol. The first-order valence-corrected chi connectivity index (χ1v) is 6.76. The van der Waals surface area contributed by atoms with Gasteiger partial charge in [-0.25, -0.2) is 0 Å². The van der Waals surface area contributed by atoms with Crippen molar-refractivity contribution in [2.24, 2.45) is 17.3 Å². The molecule has 3 unspecified atom stereocenters. The van der Waals surface area contributed by atoms with E-state index in [0.717, 1.165) is 17.1 Å². The lowest BCUT2D eigenvalue weighted by Gasteiger charge is -2.48. The van der Waals surface area contributed by atoms with E-state index in [1.165, 1.54) is 31.4 Å². The molecule has 2 aliphatic rings. The summed E-state index contributed by atoms with van der Waals surface area (Å²) in [5.74, 6) is 3.42. The first-order chi connectivity index (χ1) is 6.09. The lowest BCUT2D eigenvalue weighted by molar-refractivity contribution is 0.0988. The number of hydrogen-bond acceptors (Lipinski definition) is 1. The highest BCUT2D eigenvalue weighted by molar-refractivity contribution is 8.01. The summed E-state index contributed by atoms with van der Waals surface area (Å²) in [6.07, 6.45) is 5.90. The van der Waals surface area contributed by atoms with Crippen molar-refractivity contribution in [2.45, 2.75) is 51.7 Å². The van der Waals surface area contributed by atoms with Gasteiger partial charge in [-0.15, -0.1) is 0 Å². The van der Waals surface area contributed by atoms with Crippen molar-refractivity contribution < 1.29 is 0 Å². The van der Waals surface area contributed by atoms with Crippen LogP contribution in [0.4, 0.5) is 0 Å². The van der Waals surface area contributed by atoms with Crippen LogP contribution < -0.4 is 0 Å². The van der Waals surface area contributed by atoms with E-state index in [-0.39, 0.29) is 0 Å². The topological polar surface area (TPSA) is 0 Å². The van der Waals surface area contributed by atoms with Crippen LogP contribution in [-0.2, 0) is 0 Å². The lowest BCUT2D eigenvalue weighted by atomic mass is 9.64. The van der Waals surface area contributed by atoms with Crippen molar-refractivity contribution in [1.82, 2.24) is 0 Å². The molecule has 1 heteroatoms. The Hall–Kier alpha value is 0.350. The van der Waals surface area contributed by atoms with Crippen LogP contribution in [0.3, 0.4) is 0 Å². The molecule has 0 aromatic carbocycles. The molecule has 0 aromatic rings. The summed E-state index contributed by atoms with van der Waals surface area (Å²) in [6, 6.07) is 0. The van der Waals surface area contributed by atoms with Crippen molar-refractivity contribution in [3.63, 3.8) is 0 Å². The van der Waals surface area contributed by atoms with Gasteiger partial charge in [-0.05, 0) is 42.3 Å². The first-order valence-electron chi connectivity index (χ1n) is 5.71. The van der Waals surface area contributed by atoms with Crippen molar-refractivity contribution in [3.05, 3.63) is 0 Å². The largest absolute Gasteiger partial charge is 0.158 e. The van der Waals surface area contributed by atoms with Crippen LogP contribution in [0.25, 0.3) is 0 Å². The van der Waals surface area contributed by atoms with E-state index in [0.29, 0.717) is 5.41 Å². The van der Waals surface area contributed by atoms with Gasteiger partial charge in [0.05, 0.1) is 0 Å². The van der Waals surface area contributed by atoms with Gasteiger partial charge in [0.1, 0.15) is 0 Å². The Morgan fingerprint density at radius 2 is 1.92 bits per heavy atom. The van der Waals surface area contributed by atoms with Gasteiger partial charge in [-0.3, -0.25) is 0 Å². The van der Waals surface area contributed by atoms with Gasteiger partial charge < -0.3 is 0 Å². The summed E-state index contributed by atoms with van der Waals surface area (Å²) in [4.78, 5) is 0. The van der Waals surface area contributed by atoms with E-state index in [1.807, 2.05) is 0 Å². The summed E-state index contributed by atoms with van der Waals surface area (Å²) in [5, 5.41) is 1.01. The minimum absolute atomic E-state index is 0.630. The zero-order valence-electron chi connectivity index (χ0n) is 9.18. The highest BCUT2D eigenvalue weighted by atomic mass is 32.2. The standard InChI is InChI=1S/C12H22S/c1-9-4-6-12(2,3)10(8-9)11-5-7-13-11/h9-11H,4-8H2,1-3H3. The van der Waals surface area contributed by atoms with E-state index in [9.17, 15) is 0 Å². The molecule has 1 heterocycles. The molecule has 2 fully saturated rings. The molecule has 0 bridgehead atoms. The maximum absolute atomic E-state index is 2.49. The predicted octanol–water partition coefficient (Wildman–Crippen LogP) is 3.95. The van der Waals surface area contributed by atoms with Crippen molar-refractivity contribution in [2.75, 3.05) is 5.75 Å². The molecule has 0 N–H and O–H groups in total. The maximum Gasteiger partial charge on any atom is 0.00883 e. The summed E-state index contributed by atoms with van der Waals surface area (Å²) in [7, 11) is 0. The molecule has 1 saturated carbocycles. The summed E-state index contributed by atoms with van der Waals surface area (Å²) in [6.45, 7) is 7.41.